The Morgan fingerprint density at radius 1 is 1.28 bits per heavy atom. The summed E-state index contributed by atoms with van der Waals surface area (Å²) in [5.74, 6) is 0.401. The number of unbranched alkanes of at least 4 members (excludes halogenated alkanes) is 1. The summed E-state index contributed by atoms with van der Waals surface area (Å²) in [6.07, 6.45) is 1.92. The molecule has 0 aliphatic heterocycles. The van der Waals surface area contributed by atoms with Crippen molar-refractivity contribution in [3.8, 4) is 5.75 Å². The largest absolute Gasteiger partial charge is 0.492 e. The molecule has 0 aliphatic carbocycles. The monoisotopic (exact) mass is 290 g/mol. The standard InChI is InChI=1S/C13H16Cl2O3/c1-2-17-13(16)5-3-4-8-18-12-9-10(14)6-7-11(12)15/h6-7,9H,2-5,8H2,1H3. The zero-order valence-electron chi connectivity index (χ0n) is 10.2. The van der Waals surface area contributed by atoms with Gasteiger partial charge in [-0.3, -0.25) is 4.79 Å². The average molecular weight is 291 g/mol. The molecule has 1 aromatic carbocycles. The van der Waals surface area contributed by atoms with E-state index in [4.69, 9.17) is 32.7 Å². The van der Waals surface area contributed by atoms with E-state index in [1.807, 2.05) is 0 Å². The molecule has 0 saturated carbocycles. The van der Waals surface area contributed by atoms with Crippen LogP contribution in [0.15, 0.2) is 18.2 Å². The normalized spacial score (nSPS) is 10.2. The van der Waals surface area contributed by atoms with Crippen LogP contribution in [0, 0.1) is 0 Å². The highest BCUT2D eigenvalue weighted by Gasteiger charge is 2.04. The Bertz CT molecular complexity index is 394. The molecule has 0 atom stereocenters. The van der Waals surface area contributed by atoms with E-state index in [2.05, 4.69) is 0 Å². The Labute approximate surface area is 117 Å². The number of halogens is 2. The molecule has 0 N–H and O–H groups in total. The third-order valence-electron chi connectivity index (χ3n) is 2.23. The molecular formula is C13H16Cl2O3. The molecule has 0 bridgehead atoms. The van der Waals surface area contributed by atoms with E-state index >= 15 is 0 Å². The van der Waals surface area contributed by atoms with Gasteiger partial charge in [0.05, 0.1) is 18.2 Å². The van der Waals surface area contributed by atoms with Gasteiger partial charge in [-0.25, -0.2) is 0 Å². The molecule has 1 rings (SSSR count). The van der Waals surface area contributed by atoms with Crippen LogP contribution in [0.3, 0.4) is 0 Å². The highest BCUT2D eigenvalue weighted by atomic mass is 35.5. The Balaban J connectivity index is 2.21. The third kappa shape index (κ3) is 5.61. The van der Waals surface area contributed by atoms with Crippen molar-refractivity contribution in [2.75, 3.05) is 13.2 Å². The number of carbonyl (C=O) groups is 1. The van der Waals surface area contributed by atoms with Crippen molar-refractivity contribution >= 4 is 29.2 Å². The predicted octanol–water partition coefficient (Wildman–Crippen LogP) is 4.11. The number of benzene rings is 1. The second-order valence-electron chi connectivity index (χ2n) is 3.69. The van der Waals surface area contributed by atoms with Gasteiger partial charge in [0.15, 0.2) is 0 Å². The first-order valence-corrected chi connectivity index (χ1v) is 6.62. The quantitative estimate of drug-likeness (QED) is 0.560. The fourth-order valence-corrected chi connectivity index (χ4v) is 1.71. The van der Waals surface area contributed by atoms with E-state index in [-0.39, 0.29) is 5.97 Å². The fraction of sp³-hybridized carbons (Fsp3) is 0.462. The summed E-state index contributed by atoms with van der Waals surface area (Å²) in [7, 11) is 0. The van der Waals surface area contributed by atoms with Gasteiger partial charge in [0.25, 0.3) is 0 Å². The summed E-state index contributed by atoms with van der Waals surface area (Å²) in [5, 5.41) is 1.12. The number of carbonyl (C=O) groups excluding carboxylic acids is 1. The summed E-state index contributed by atoms with van der Waals surface area (Å²) in [6.45, 7) is 2.72. The lowest BCUT2D eigenvalue weighted by Gasteiger charge is -2.08. The molecule has 0 aromatic heterocycles. The minimum Gasteiger partial charge on any atom is -0.492 e. The van der Waals surface area contributed by atoms with Gasteiger partial charge in [-0.2, -0.15) is 0 Å². The highest BCUT2D eigenvalue weighted by Crippen LogP contribution is 2.27. The van der Waals surface area contributed by atoms with Gasteiger partial charge in [-0.15, -0.1) is 0 Å². The van der Waals surface area contributed by atoms with Gasteiger partial charge in [0.1, 0.15) is 5.75 Å². The first-order valence-electron chi connectivity index (χ1n) is 5.87. The zero-order chi connectivity index (χ0) is 13.4. The van der Waals surface area contributed by atoms with Gasteiger partial charge in [-0.1, -0.05) is 23.2 Å². The molecule has 0 saturated heterocycles. The van der Waals surface area contributed by atoms with Gasteiger partial charge >= 0.3 is 5.97 Å². The molecule has 0 heterocycles. The summed E-state index contributed by atoms with van der Waals surface area (Å²) in [4.78, 5) is 11.1. The number of hydrogen-bond donors (Lipinski definition) is 0. The van der Waals surface area contributed by atoms with Crippen LogP contribution in [0.5, 0.6) is 5.75 Å². The molecule has 0 radical (unpaired) electrons. The maximum absolute atomic E-state index is 11.1. The van der Waals surface area contributed by atoms with Crippen molar-refractivity contribution in [2.24, 2.45) is 0 Å². The summed E-state index contributed by atoms with van der Waals surface area (Å²) in [6, 6.07) is 5.07. The van der Waals surface area contributed by atoms with Crippen LogP contribution < -0.4 is 4.74 Å². The van der Waals surface area contributed by atoms with E-state index in [1.165, 1.54) is 0 Å². The van der Waals surface area contributed by atoms with Crippen molar-refractivity contribution in [3.63, 3.8) is 0 Å². The van der Waals surface area contributed by atoms with Crippen LogP contribution in [-0.4, -0.2) is 19.2 Å². The van der Waals surface area contributed by atoms with Gasteiger partial charge < -0.3 is 9.47 Å². The molecule has 0 fully saturated rings. The van der Waals surface area contributed by atoms with E-state index in [1.54, 1.807) is 25.1 Å². The van der Waals surface area contributed by atoms with E-state index in [0.29, 0.717) is 35.4 Å². The first kappa shape index (κ1) is 15.1. The second kappa shape index (κ2) is 8.22. The Morgan fingerprint density at radius 2 is 2.06 bits per heavy atom. The molecule has 0 aliphatic rings. The van der Waals surface area contributed by atoms with Crippen LogP contribution in [0.1, 0.15) is 26.2 Å². The topological polar surface area (TPSA) is 35.5 Å². The SMILES string of the molecule is CCOC(=O)CCCCOc1cc(Cl)ccc1Cl. The van der Waals surface area contributed by atoms with Crippen molar-refractivity contribution in [3.05, 3.63) is 28.2 Å². The molecule has 18 heavy (non-hydrogen) atoms. The van der Waals surface area contributed by atoms with Crippen molar-refractivity contribution < 1.29 is 14.3 Å². The van der Waals surface area contributed by atoms with Crippen LogP contribution in [0.4, 0.5) is 0 Å². The summed E-state index contributed by atoms with van der Waals surface area (Å²) < 4.78 is 10.3. The van der Waals surface area contributed by atoms with Crippen molar-refractivity contribution in [2.45, 2.75) is 26.2 Å². The minimum atomic E-state index is -0.168. The Kier molecular flexibility index (Phi) is 6.91. The zero-order valence-corrected chi connectivity index (χ0v) is 11.8. The average Bonchev–Trinajstić information content (AvgIpc) is 2.33. The molecule has 0 spiro atoms. The smallest absolute Gasteiger partial charge is 0.305 e. The van der Waals surface area contributed by atoms with Crippen LogP contribution >= 0.6 is 23.2 Å². The fourth-order valence-electron chi connectivity index (χ4n) is 1.37. The minimum absolute atomic E-state index is 0.168. The molecule has 0 amide bonds. The predicted molar refractivity (Wildman–Crippen MR) is 72.4 cm³/mol. The van der Waals surface area contributed by atoms with Gasteiger partial charge in [0.2, 0.25) is 0 Å². The highest BCUT2D eigenvalue weighted by molar-refractivity contribution is 6.34. The van der Waals surface area contributed by atoms with E-state index in [9.17, 15) is 4.79 Å². The maximum atomic E-state index is 11.1. The number of ether oxygens (including phenoxy) is 2. The lowest BCUT2D eigenvalue weighted by Crippen LogP contribution is -2.05. The van der Waals surface area contributed by atoms with Crippen LogP contribution in [0.2, 0.25) is 10.0 Å². The number of rotatable bonds is 7. The molecule has 3 nitrogen and oxygen atoms in total. The molecule has 0 unspecified atom stereocenters. The Morgan fingerprint density at radius 3 is 2.78 bits per heavy atom. The van der Waals surface area contributed by atoms with E-state index < -0.39 is 0 Å². The molecule has 1 aromatic rings. The molecular weight excluding hydrogens is 275 g/mol. The van der Waals surface area contributed by atoms with Crippen LogP contribution in [-0.2, 0) is 9.53 Å². The van der Waals surface area contributed by atoms with Crippen LogP contribution in [0.25, 0.3) is 0 Å². The number of hydrogen-bond acceptors (Lipinski definition) is 3. The van der Waals surface area contributed by atoms with Crippen molar-refractivity contribution in [1.82, 2.24) is 0 Å². The lowest BCUT2D eigenvalue weighted by atomic mass is 10.2. The molecule has 5 heteroatoms. The van der Waals surface area contributed by atoms with Gasteiger partial charge in [-0.05, 0) is 31.9 Å². The summed E-state index contributed by atoms with van der Waals surface area (Å²) >= 11 is 11.8. The third-order valence-corrected chi connectivity index (χ3v) is 2.78. The summed E-state index contributed by atoms with van der Waals surface area (Å²) in [5.41, 5.74) is 0. The Hall–Kier alpha value is -0.930. The second-order valence-corrected chi connectivity index (χ2v) is 4.53. The van der Waals surface area contributed by atoms with Gasteiger partial charge in [0, 0.05) is 17.5 Å². The first-order chi connectivity index (χ1) is 8.63. The molecule has 100 valence electrons. The van der Waals surface area contributed by atoms with Crippen molar-refractivity contribution in [1.29, 1.82) is 0 Å². The number of esters is 1. The van der Waals surface area contributed by atoms with E-state index in [0.717, 1.165) is 12.8 Å². The maximum Gasteiger partial charge on any atom is 0.305 e. The lowest BCUT2D eigenvalue weighted by molar-refractivity contribution is -0.143.